The van der Waals surface area contributed by atoms with Crippen molar-refractivity contribution in [3.05, 3.63) is 72.1 Å². The first-order chi connectivity index (χ1) is 14.7. The fourth-order valence-electron chi connectivity index (χ4n) is 4.62. The van der Waals surface area contributed by atoms with Gasteiger partial charge in [-0.15, -0.1) is 0 Å². The van der Waals surface area contributed by atoms with Crippen molar-refractivity contribution in [2.45, 2.75) is 31.7 Å². The maximum Gasteiger partial charge on any atom is 0.254 e. The van der Waals surface area contributed by atoms with Gasteiger partial charge in [0.15, 0.2) is 0 Å². The van der Waals surface area contributed by atoms with Crippen LogP contribution in [0.2, 0.25) is 0 Å². The molecule has 2 aliphatic heterocycles. The van der Waals surface area contributed by atoms with Gasteiger partial charge in [0.1, 0.15) is 6.33 Å². The number of amides is 1. The second-order valence-corrected chi connectivity index (χ2v) is 8.12. The molecule has 4 heterocycles. The maximum absolute atomic E-state index is 13.4. The summed E-state index contributed by atoms with van der Waals surface area (Å²) >= 11 is 0. The Hall–Kier alpha value is -3.28. The molecule has 1 aromatic carbocycles. The number of aromatic nitrogens is 3. The molecule has 6 heteroatoms. The largest absolute Gasteiger partial charge is 0.374 e. The molecule has 1 fully saturated rings. The van der Waals surface area contributed by atoms with E-state index in [9.17, 15) is 4.79 Å². The zero-order valence-corrected chi connectivity index (χ0v) is 17.2. The summed E-state index contributed by atoms with van der Waals surface area (Å²) < 4.78 is 0. The van der Waals surface area contributed by atoms with Crippen LogP contribution in [0.25, 0.3) is 11.1 Å². The molecule has 1 amide bonds. The van der Waals surface area contributed by atoms with E-state index in [-0.39, 0.29) is 11.9 Å². The van der Waals surface area contributed by atoms with Crippen molar-refractivity contribution >= 4 is 11.6 Å². The minimum Gasteiger partial charge on any atom is -0.374 e. The normalized spacial score (nSPS) is 18.4. The summed E-state index contributed by atoms with van der Waals surface area (Å²) in [6.45, 7) is 1.85. The smallest absolute Gasteiger partial charge is 0.254 e. The molecular formula is C24H25N5O. The minimum absolute atomic E-state index is 0.0253. The van der Waals surface area contributed by atoms with E-state index in [2.05, 4.69) is 39.0 Å². The fraction of sp³-hybridized carbons (Fsp3) is 0.333. The molecule has 1 saturated heterocycles. The summed E-state index contributed by atoms with van der Waals surface area (Å²) in [5.74, 6) is 0.107. The second kappa shape index (κ2) is 7.86. The van der Waals surface area contributed by atoms with E-state index in [0.717, 1.165) is 61.2 Å². The second-order valence-electron chi connectivity index (χ2n) is 8.12. The van der Waals surface area contributed by atoms with Crippen molar-refractivity contribution in [1.82, 2.24) is 19.9 Å². The van der Waals surface area contributed by atoms with Crippen molar-refractivity contribution in [3.63, 3.8) is 0 Å². The van der Waals surface area contributed by atoms with Crippen LogP contribution in [0.1, 0.15) is 46.9 Å². The standard InChI is InChI=1S/C24H25N5O/c1-28-10-2-4-17-12-18(7-9-22(17)28)24(30)29-11-3-5-23(29)21-8-6-19(15-27-21)20-13-25-16-26-14-20/h6-9,12-16,23H,2-5,10-11H2,1H3/t23-/m0/s1. The lowest BCUT2D eigenvalue weighted by Crippen LogP contribution is -2.31. The Morgan fingerprint density at radius 2 is 1.87 bits per heavy atom. The molecule has 30 heavy (non-hydrogen) atoms. The molecule has 152 valence electrons. The molecular weight excluding hydrogens is 374 g/mol. The van der Waals surface area contributed by atoms with Gasteiger partial charge in [0, 0.05) is 61.1 Å². The number of rotatable bonds is 3. The van der Waals surface area contributed by atoms with Crippen molar-refractivity contribution < 1.29 is 4.79 Å². The van der Waals surface area contributed by atoms with Crippen LogP contribution in [0.4, 0.5) is 5.69 Å². The number of hydrogen-bond donors (Lipinski definition) is 0. The third-order valence-electron chi connectivity index (χ3n) is 6.21. The fourth-order valence-corrected chi connectivity index (χ4v) is 4.62. The van der Waals surface area contributed by atoms with Crippen LogP contribution in [-0.4, -0.2) is 45.9 Å². The number of pyridine rings is 1. The first kappa shape index (κ1) is 18.7. The number of aryl methyl sites for hydroxylation is 1. The Morgan fingerprint density at radius 3 is 2.67 bits per heavy atom. The summed E-state index contributed by atoms with van der Waals surface area (Å²) in [5, 5.41) is 0. The van der Waals surface area contributed by atoms with Crippen LogP contribution in [0.5, 0.6) is 0 Å². The molecule has 0 unspecified atom stereocenters. The van der Waals surface area contributed by atoms with Crippen LogP contribution in [-0.2, 0) is 6.42 Å². The number of fused-ring (bicyclic) bond motifs is 1. The predicted octanol–water partition coefficient (Wildman–Crippen LogP) is 3.90. The molecule has 3 aromatic rings. The van der Waals surface area contributed by atoms with Gasteiger partial charge in [0.05, 0.1) is 11.7 Å². The molecule has 2 aliphatic rings. The third kappa shape index (κ3) is 3.43. The lowest BCUT2D eigenvalue weighted by atomic mass is 9.99. The van der Waals surface area contributed by atoms with Gasteiger partial charge in [-0.3, -0.25) is 9.78 Å². The molecule has 1 atom stereocenters. The van der Waals surface area contributed by atoms with Crippen LogP contribution >= 0.6 is 0 Å². The number of likely N-dealkylation sites (tertiary alicyclic amines) is 1. The topological polar surface area (TPSA) is 62.2 Å². The average Bonchev–Trinajstić information content (AvgIpc) is 3.29. The van der Waals surface area contributed by atoms with E-state index in [1.165, 1.54) is 17.6 Å². The average molecular weight is 399 g/mol. The Labute approximate surface area is 176 Å². The number of carbonyl (C=O) groups excluding carboxylic acids is 1. The molecule has 2 aromatic heterocycles. The maximum atomic E-state index is 13.4. The molecule has 6 nitrogen and oxygen atoms in total. The molecule has 0 N–H and O–H groups in total. The quantitative estimate of drug-likeness (QED) is 0.668. The highest BCUT2D eigenvalue weighted by Crippen LogP contribution is 2.34. The van der Waals surface area contributed by atoms with Gasteiger partial charge in [-0.1, -0.05) is 6.07 Å². The summed E-state index contributed by atoms with van der Waals surface area (Å²) in [6.07, 6.45) is 11.0. The number of hydrogen-bond acceptors (Lipinski definition) is 5. The van der Waals surface area contributed by atoms with Crippen LogP contribution < -0.4 is 4.90 Å². The third-order valence-corrected chi connectivity index (χ3v) is 6.21. The van der Waals surface area contributed by atoms with E-state index in [1.807, 2.05) is 29.3 Å². The Morgan fingerprint density at radius 1 is 1.00 bits per heavy atom. The molecule has 0 bridgehead atoms. The highest BCUT2D eigenvalue weighted by molar-refractivity contribution is 5.95. The van der Waals surface area contributed by atoms with Gasteiger partial charge in [-0.05, 0) is 55.5 Å². The van der Waals surface area contributed by atoms with E-state index in [0.29, 0.717) is 0 Å². The van der Waals surface area contributed by atoms with Crippen LogP contribution in [0.3, 0.4) is 0 Å². The summed E-state index contributed by atoms with van der Waals surface area (Å²) in [5.41, 5.74) is 6.17. The summed E-state index contributed by atoms with van der Waals surface area (Å²) in [4.78, 5) is 30.4. The van der Waals surface area contributed by atoms with Gasteiger partial charge in [-0.2, -0.15) is 0 Å². The summed E-state index contributed by atoms with van der Waals surface area (Å²) in [6, 6.07) is 10.3. The van der Waals surface area contributed by atoms with Gasteiger partial charge in [-0.25, -0.2) is 9.97 Å². The van der Waals surface area contributed by atoms with Gasteiger partial charge in [0.2, 0.25) is 0 Å². The first-order valence-electron chi connectivity index (χ1n) is 10.6. The van der Waals surface area contributed by atoms with Crippen molar-refractivity contribution in [1.29, 1.82) is 0 Å². The van der Waals surface area contributed by atoms with Crippen LogP contribution in [0, 0.1) is 0 Å². The Kier molecular flexibility index (Phi) is 4.91. The lowest BCUT2D eigenvalue weighted by molar-refractivity contribution is 0.0733. The van der Waals surface area contributed by atoms with E-state index < -0.39 is 0 Å². The van der Waals surface area contributed by atoms with Gasteiger partial charge < -0.3 is 9.80 Å². The minimum atomic E-state index is 0.0253. The van der Waals surface area contributed by atoms with Gasteiger partial charge in [0.25, 0.3) is 5.91 Å². The Bertz CT molecular complexity index is 1050. The predicted molar refractivity (Wildman–Crippen MR) is 116 cm³/mol. The first-order valence-corrected chi connectivity index (χ1v) is 10.6. The van der Waals surface area contributed by atoms with E-state index in [4.69, 9.17) is 0 Å². The molecule has 0 spiro atoms. The van der Waals surface area contributed by atoms with Crippen molar-refractivity contribution in [3.8, 4) is 11.1 Å². The highest BCUT2D eigenvalue weighted by atomic mass is 16.2. The number of nitrogens with zero attached hydrogens (tertiary/aromatic N) is 5. The Balaban J connectivity index is 1.38. The van der Waals surface area contributed by atoms with Crippen molar-refractivity contribution in [2.75, 3.05) is 25.0 Å². The van der Waals surface area contributed by atoms with E-state index >= 15 is 0 Å². The zero-order valence-electron chi connectivity index (χ0n) is 17.2. The molecule has 0 aliphatic carbocycles. The van der Waals surface area contributed by atoms with Crippen LogP contribution in [0.15, 0.2) is 55.2 Å². The highest BCUT2D eigenvalue weighted by Gasteiger charge is 2.32. The van der Waals surface area contributed by atoms with Gasteiger partial charge >= 0.3 is 0 Å². The molecule has 0 saturated carbocycles. The monoisotopic (exact) mass is 399 g/mol. The number of carbonyl (C=O) groups is 1. The zero-order chi connectivity index (χ0) is 20.5. The van der Waals surface area contributed by atoms with E-state index in [1.54, 1.807) is 12.4 Å². The number of benzene rings is 1. The number of anilines is 1. The molecule has 0 radical (unpaired) electrons. The van der Waals surface area contributed by atoms with Crippen molar-refractivity contribution in [2.24, 2.45) is 0 Å². The molecule has 5 rings (SSSR count). The summed E-state index contributed by atoms with van der Waals surface area (Å²) in [7, 11) is 2.12. The lowest BCUT2D eigenvalue weighted by Gasteiger charge is -2.29. The SMILES string of the molecule is CN1CCCc2cc(C(=O)N3CCC[C@H]3c3ccc(-c4cncnc4)cn3)ccc21.